The van der Waals surface area contributed by atoms with Gasteiger partial charge in [-0.05, 0) is 59.7 Å². The van der Waals surface area contributed by atoms with E-state index in [1.54, 1.807) is 13.8 Å². The number of esters is 2. The van der Waals surface area contributed by atoms with Crippen LogP contribution in [0.25, 0.3) is 22.6 Å². The number of ether oxygens (including phenoxy) is 2. The van der Waals surface area contributed by atoms with E-state index in [2.05, 4.69) is 0 Å². The van der Waals surface area contributed by atoms with E-state index in [4.69, 9.17) is 9.47 Å². The van der Waals surface area contributed by atoms with Crippen LogP contribution in [0, 0.1) is 5.41 Å². The number of hydrogen-bond donors (Lipinski definition) is 0. The zero-order chi connectivity index (χ0) is 24.4. The smallest absolute Gasteiger partial charge is 0.330 e. The van der Waals surface area contributed by atoms with Gasteiger partial charge in [0.05, 0.1) is 19.3 Å². The van der Waals surface area contributed by atoms with E-state index in [1.807, 2.05) is 102 Å². The highest BCUT2D eigenvalue weighted by molar-refractivity contribution is 6.18. The Hall–Kier alpha value is -4.12. The van der Waals surface area contributed by atoms with E-state index in [0.29, 0.717) is 5.57 Å². The first-order chi connectivity index (χ1) is 17.1. The lowest BCUT2D eigenvalue weighted by atomic mass is 9.76. The largest absolute Gasteiger partial charge is 0.465 e. The number of hydrogen-bond acceptors (Lipinski definition) is 4. The normalized spacial score (nSPS) is 17.3. The molecule has 0 N–H and O–H groups in total. The van der Waals surface area contributed by atoms with Crippen molar-refractivity contribution in [2.75, 3.05) is 13.2 Å². The fourth-order valence-corrected chi connectivity index (χ4v) is 5.19. The maximum Gasteiger partial charge on any atom is 0.330 e. The van der Waals surface area contributed by atoms with Crippen LogP contribution in [0.15, 0.2) is 91.1 Å². The van der Waals surface area contributed by atoms with Crippen LogP contribution in [0.2, 0.25) is 0 Å². The predicted octanol–water partition coefficient (Wildman–Crippen LogP) is 5.90. The molecule has 5 rings (SSSR count). The average molecular weight is 466 g/mol. The molecular formula is C30H27NO4. The molecule has 0 spiro atoms. The van der Waals surface area contributed by atoms with Gasteiger partial charge in [0.1, 0.15) is 0 Å². The molecule has 1 aromatic heterocycles. The summed E-state index contributed by atoms with van der Waals surface area (Å²) in [6, 6.07) is 26.8. The second-order valence-corrected chi connectivity index (χ2v) is 8.49. The highest BCUT2D eigenvalue weighted by atomic mass is 16.6. The summed E-state index contributed by atoms with van der Waals surface area (Å²) >= 11 is 0. The number of carbonyl (C=O) groups excluding carboxylic acids is 2. The van der Waals surface area contributed by atoms with Gasteiger partial charge >= 0.3 is 11.9 Å². The molecule has 1 heterocycles. The molecular weight excluding hydrogens is 438 g/mol. The van der Waals surface area contributed by atoms with Crippen LogP contribution in [0.1, 0.15) is 36.6 Å². The van der Waals surface area contributed by atoms with Crippen LogP contribution in [0.5, 0.6) is 0 Å². The molecule has 1 atom stereocenters. The van der Waals surface area contributed by atoms with Gasteiger partial charge in [0.2, 0.25) is 5.41 Å². The van der Waals surface area contributed by atoms with Crippen molar-refractivity contribution in [2.45, 2.75) is 19.9 Å². The van der Waals surface area contributed by atoms with Gasteiger partial charge in [-0.15, -0.1) is 0 Å². The molecule has 0 aliphatic heterocycles. The molecule has 1 aliphatic rings. The quantitative estimate of drug-likeness (QED) is 0.263. The van der Waals surface area contributed by atoms with Crippen molar-refractivity contribution in [3.05, 3.63) is 108 Å². The second-order valence-electron chi connectivity index (χ2n) is 8.49. The van der Waals surface area contributed by atoms with E-state index >= 15 is 0 Å². The van der Waals surface area contributed by atoms with Crippen molar-refractivity contribution in [3.8, 4) is 0 Å². The van der Waals surface area contributed by atoms with Crippen LogP contribution >= 0.6 is 0 Å². The van der Waals surface area contributed by atoms with E-state index in [-0.39, 0.29) is 13.2 Å². The molecule has 0 unspecified atom stereocenters. The Labute approximate surface area is 204 Å². The molecule has 0 amide bonds. The number of nitrogens with zero attached hydrogens (tertiary/aromatic N) is 1. The lowest BCUT2D eigenvalue weighted by Crippen LogP contribution is -2.47. The van der Waals surface area contributed by atoms with Gasteiger partial charge in [0, 0.05) is 11.7 Å². The highest BCUT2D eigenvalue weighted by Crippen LogP contribution is 2.58. The molecule has 0 saturated carbocycles. The zero-order valence-corrected chi connectivity index (χ0v) is 19.8. The molecule has 3 aromatic carbocycles. The van der Waals surface area contributed by atoms with Crippen LogP contribution in [0.3, 0.4) is 0 Å². The molecule has 4 aromatic rings. The maximum atomic E-state index is 14.0. The highest BCUT2D eigenvalue weighted by Gasteiger charge is 2.63. The minimum absolute atomic E-state index is 0.147. The summed E-state index contributed by atoms with van der Waals surface area (Å²) in [4.78, 5) is 28.0. The first-order valence-corrected chi connectivity index (χ1v) is 11.9. The number of carbonyl (C=O) groups is 2. The molecule has 35 heavy (non-hydrogen) atoms. The average Bonchev–Trinajstić information content (AvgIpc) is 3.42. The fraction of sp³-hybridized carbons (Fsp3) is 0.200. The van der Waals surface area contributed by atoms with Crippen LogP contribution in [0.4, 0.5) is 0 Å². The van der Waals surface area contributed by atoms with Crippen molar-refractivity contribution in [2.24, 2.45) is 5.41 Å². The van der Waals surface area contributed by atoms with Crippen molar-refractivity contribution in [1.82, 2.24) is 4.57 Å². The third kappa shape index (κ3) is 3.55. The molecule has 0 bridgehead atoms. The molecule has 176 valence electrons. The molecule has 0 saturated heterocycles. The Kier molecular flexibility index (Phi) is 6.00. The number of fused-ring (bicyclic) bond motifs is 2. The van der Waals surface area contributed by atoms with Gasteiger partial charge in [0.25, 0.3) is 0 Å². The van der Waals surface area contributed by atoms with Crippen molar-refractivity contribution >= 4 is 34.5 Å². The zero-order valence-electron chi connectivity index (χ0n) is 19.8. The summed E-state index contributed by atoms with van der Waals surface area (Å²) in [7, 11) is 0. The van der Waals surface area contributed by atoms with Crippen LogP contribution in [-0.4, -0.2) is 29.7 Å². The Balaban J connectivity index is 1.89. The minimum Gasteiger partial charge on any atom is -0.465 e. The number of rotatable bonds is 6. The van der Waals surface area contributed by atoms with Crippen molar-refractivity contribution in [3.63, 3.8) is 0 Å². The Morgan fingerprint density at radius 2 is 1.46 bits per heavy atom. The Bertz CT molecular complexity index is 1400. The van der Waals surface area contributed by atoms with Gasteiger partial charge in [-0.3, -0.25) is 9.59 Å². The van der Waals surface area contributed by atoms with Crippen molar-refractivity contribution < 1.29 is 19.1 Å². The maximum absolute atomic E-state index is 14.0. The van der Waals surface area contributed by atoms with Crippen molar-refractivity contribution in [1.29, 1.82) is 0 Å². The molecule has 5 heteroatoms. The first-order valence-electron chi connectivity index (χ1n) is 11.9. The first kappa shape index (κ1) is 22.7. The second kappa shape index (κ2) is 9.26. The van der Waals surface area contributed by atoms with Gasteiger partial charge in [-0.25, -0.2) is 0 Å². The lowest BCUT2D eigenvalue weighted by molar-refractivity contribution is -0.168. The number of para-hydroxylation sites is 1. The van der Waals surface area contributed by atoms with Crippen LogP contribution in [-0.2, 0) is 19.1 Å². The summed E-state index contributed by atoms with van der Waals surface area (Å²) in [6.07, 6.45) is 3.85. The summed E-state index contributed by atoms with van der Waals surface area (Å²) in [5.41, 5.74) is 2.38. The van der Waals surface area contributed by atoms with Gasteiger partial charge in [0.15, 0.2) is 0 Å². The summed E-state index contributed by atoms with van der Waals surface area (Å²) < 4.78 is 13.3. The monoisotopic (exact) mass is 465 g/mol. The van der Waals surface area contributed by atoms with Gasteiger partial charge in [-0.2, -0.15) is 0 Å². The third-order valence-electron chi connectivity index (χ3n) is 6.59. The molecule has 5 nitrogen and oxygen atoms in total. The predicted molar refractivity (Wildman–Crippen MR) is 137 cm³/mol. The Morgan fingerprint density at radius 3 is 2.17 bits per heavy atom. The topological polar surface area (TPSA) is 57.5 Å². The van der Waals surface area contributed by atoms with Crippen LogP contribution < -0.4 is 0 Å². The minimum atomic E-state index is -1.71. The van der Waals surface area contributed by atoms with Gasteiger partial charge in [-0.1, -0.05) is 72.8 Å². The summed E-state index contributed by atoms with van der Waals surface area (Å²) in [6.45, 7) is 3.79. The molecule has 0 fully saturated rings. The SMILES string of the molecule is CCOC(=O)C1(C(=O)OCC)/C(=C\c2ccccc2)c2ccccc2[C@H]1n1ccc2ccccc21. The lowest BCUT2D eigenvalue weighted by Gasteiger charge is -2.34. The number of benzene rings is 3. The molecule has 1 aliphatic carbocycles. The third-order valence-corrected chi connectivity index (χ3v) is 6.59. The van der Waals surface area contributed by atoms with E-state index in [9.17, 15) is 9.59 Å². The fourth-order valence-electron chi connectivity index (χ4n) is 5.19. The van der Waals surface area contributed by atoms with Gasteiger partial charge < -0.3 is 14.0 Å². The van der Waals surface area contributed by atoms with E-state index in [0.717, 1.165) is 27.6 Å². The molecule has 0 radical (unpaired) electrons. The van der Waals surface area contributed by atoms with E-state index < -0.39 is 23.4 Å². The summed E-state index contributed by atoms with van der Waals surface area (Å²) in [5, 5.41) is 1.02. The Morgan fingerprint density at radius 1 is 0.829 bits per heavy atom. The standard InChI is InChI=1S/C30H27NO4/c1-3-34-28(32)30(29(33)35-4-2)25(20-21-12-6-5-7-13-21)23-15-9-10-16-24(23)27(30)31-19-18-22-14-8-11-17-26(22)31/h5-20,27H,3-4H2,1-2H3/b25-20-/t27-/m1/s1. The summed E-state index contributed by atoms with van der Waals surface area (Å²) in [5.74, 6) is -1.22. The van der Waals surface area contributed by atoms with E-state index in [1.165, 1.54) is 0 Å². The number of aromatic nitrogens is 1.